The Morgan fingerprint density at radius 2 is 2.33 bits per heavy atom. The van der Waals surface area contributed by atoms with Crippen molar-refractivity contribution >= 4 is 34.4 Å². The van der Waals surface area contributed by atoms with Crippen molar-refractivity contribution in [2.45, 2.75) is 50.6 Å². The number of alkyl halides is 1. The number of pyridine rings is 1. The minimum absolute atomic E-state index is 0.162. The maximum atomic E-state index is 6.27. The minimum Gasteiger partial charge on any atom is -0.378 e. The Labute approximate surface area is 134 Å². The number of rotatable bonds is 4. The normalized spacial score (nSPS) is 20.8. The molecule has 2 atom stereocenters. The van der Waals surface area contributed by atoms with Gasteiger partial charge in [0.15, 0.2) is 5.65 Å². The van der Waals surface area contributed by atoms with Crippen LogP contribution in [0.25, 0.3) is 11.2 Å². The number of imidazole rings is 1. The van der Waals surface area contributed by atoms with Gasteiger partial charge < -0.3 is 9.30 Å². The first-order valence-corrected chi connectivity index (χ1v) is 8.24. The summed E-state index contributed by atoms with van der Waals surface area (Å²) in [6.45, 7) is 3.63. The van der Waals surface area contributed by atoms with E-state index >= 15 is 0 Å². The molecule has 1 aliphatic heterocycles. The highest BCUT2D eigenvalue weighted by Crippen LogP contribution is 2.26. The van der Waals surface area contributed by atoms with E-state index in [1.165, 1.54) is 12.8 Å². The van der Waals surface area contributed by atoms with Gasteiger partial charge in [-0.3, -0.25) is 0 Å². The molecule has 0 N–H and O–H groups in total. The summed E-state index contributed by atoms with van der Waals surface area (Å²) in [5, 5.41) is 0.432. The number of hydrogen-bond donors (Lipinski definition) is 0. The average Bonchev–Trinajstić information content (AvgIpc) is 2.84. The Morgan fingerprint density at radius 1 is 1.48 bits per heavy atom. The molecule has 3 heterocycles. The van der Waals surface area contributed by atoms with Gasteiger partial charge in [-0.25, -0.2) is 9.97 Å². The molecule has 0 aromatic carbocycles. The second kappa shape index (κ2) is 6.51. The van der Waals surface area contributed by atoms with Gasteiger partial charge >= 0.3 is 0 Å². The lowest BCUT2D eigenvalue weighted by Gasteiger charge is -2.23. The predicted octanol–water partition coefficient (Wildman–Crippen LogP) is 4.34. The predicted molar refractivity (Wildman–Crippen MR) is 85.0 cm³/mol. The number of halogens is 2. The van der Waals surface area contributed by atoms with Crippen LogP contribution in [0, 0.1) is 0 Å². The van der Waals surface area contributed by atoms with E-state index in [1.807, 2.05) is 13.0 Å². The fraction of sp³-hybridized carbons (Fsp3) is 0.600. The standard InChI is InChI=1S/C15H19Cl2N3O/c1-10(16)14-19-13-8-11(17)9-18-15(13)20(14)6-5-12-4-2-3-7-21-12/h8-10,12H,2-7H2,1H3. The zero-order valence-electron chi connectivity index (χ0n) is 12.1. The van der Waals surface area contributed by atoms with Crippen molar-refractivity contribution in [2.24, 2.45) is 0 Å². The van der Waals surface area contributed by atoms with Crippen molar-refractivity contribution in [2.75, 3.05) is 6.61 Å². The molecule has 114 valence electrons. The number of aromatic nitrogens is 3. The minimum atomic E-state index is -0.162. The van der Waals surface area contributed by atoms with Gasteiger partial charge in [0, 0.05) is 19.3 Å². The molecule has 21 heavy (non-hydrogen) atoms. The maximum Gasteiger partial charge on any atom is 0.160 e. The second-order valence-corrected chi connectivity index (χ2v) is 6.60. The molecular formula is C15H19Cl2N3O. The Morgan fingerprint density at radius 3 is 3.05 bits per heavy atom. The third kappa shape index (κ3) is 3.33. The van der Waals surface area contributed by atoms with Crippen molar-refractivity contribution in [3.05, 3.63) is 23.1 Å². The van der Waals surface area contributed by atoms with Crippen molar-refractivity contribution in [3.63, 3.8) is 0 Å². The number of fused-ring (bicyclic) bond motifs is 1. The topological polar surface area (TPSA) is 39.9 Å². The zero-order valence-corrected chi connectivity index (χ0v) is 13.6. The molecule has 1 aliphatic rings. The average molecular weight is 328 g/mol. The lowest BCUT2D eigenvalue weighted by Crippen LogP contribution is -2.21. The van der Waals surface area contributed by atoms with E-state index in [2.05, 4.69) is 14.5 Å². The summed E-state index contributed by atoms with van der Waals surface area (Å²) in [6, 6.07) is 1.83. The Bertz CT molecular complexity index is 621. The van der Waals surface area contributed by atoms with Crippen molar-refractivity contribution in [1.82, 2.24) is 14.5 Å². The Hall–Kier alpha value is -0.840. The molecule has 6 heteroatoms. The van der Waals surface area contributed by atoms with Crippen LogP contribution in [0.1, 0.15) is 43.8 Å². The van der Waals surface area contributed by atoms with Crippen LogP contribution >= 0.6 is 23.2 Å². The molecule has 2 aromatic rings. The van der Waals surface area contributed by atoms with Crippen molar-refractivity contribution < 1.29 is 4.74 Å². The first-order chi connectivity index (χ1) is 10.1. The van der Waals surface area contributed by atoms with Crippen LogP contribution in [-0.2, 0) is 11.3 Å². The molecular weight excluding hydrogens is 309 g/mol. The highest BCUT2D eigenvalue weighted by molar-refractivity contribution is 6.31. The maximum absolute atomic E-state index is 6.27. The third-order valence-electron chi connectivity index (χ3n) is 3.89. The van der Waals surface area contributed by atoms with Crippen LogP contribution in [0.2, 0.25) is 5.02 Å². The number of hydrogen-bond acceptors (Lipinski definition) is 3. The first-order valence-electron chi connectivity index (χ1n) is 7.42. The summed E-state index contributed by atoms with van der Waals surface area (Å²) in [4.78, 5) is 9.00. The Balaban J connectivity index is 1.86. The molecule has 1 saturated heterocycles. The molecule has 2 aromatic heterocycles. The van der Waals surface area contributed by atoms with Crippen LogP contribution in [0.15, 0.2) is 12.3 Å². The fourth-order valence-corrected chi connectivity index (χ4v) is 3.15. The summed E-state index contributed by atoms with van der Waals surface area (Å²) in [5.74, 6) is 0.845. The van der Waals surface area contributed by atoms with Crippen LogP contribution < -0.4 is 0 Å². The molecule has 1 fully saturated rings. The summed E-state index contributed by atoms with van der Waals surface area (Å²) < 4.78 is 7.90. The molecule has 4 nitrogen and oxygen atoms in total. The lowest BCUT2D eigenvalue weighted by atomic mass is 10.1. The first kappa shape index (κ1) is 15.1. The van der Waals surface area contributed by atoms with E-state index in [1.54, 1.807) is 6.20 Å². The van der Waals surface area contributed by atoms with Gasteiger partial charge in [0.1, 0.15) is 11.3 Å². The summed E-state index contributed by atoms with van der Waals surface area (Å²) >= 11 is 12.3. The Kier molecular flexibility index (Phi) is 4.67. The highest BCUT2D eigenvalue weighted by atomic mass is 35.5. The van der Waals surface area contributed by atoms with Gasteiger partial charge in [-0.1, -0.05) is 11.6 Å². The summed E-state index contributed by atoms with van der Waals surface area (Å²) in [5.41, 5.74) is 1.65. The lowest BCUT2D eigenvalue weighted by molar-refractivity contribution is 0.00884. The smallest absolute Gasteiger partial charge is 0.160 e. The van der Waals surface area contributed by atoms with Crippen LogP contribution in [0.4, 0.5) is 0 Å². The van der Waals surface area contributed by atoms with Crippen LogP contribution in [0.3, 0.4) is 0 Å². The number of nitrogens with zero attached hydrogens (tertiary/aromatic N) is 3. The second-order valence-electron chi connectivity index (χ2n) is 5.51. The van der Waals surface area contributed by atoms with Crippen molar-refractivity contribution in [3.8, 4) is 0 Å². The van der Waals surface area contributed by atoms with Gasteiger partial charge in [-0.05, 0) is 38.7 Å². The van der Waals surface area contributed by atoms with Gasteiger partial charge in [0.25, 0.3) is 0 Å². The molecule has 0 aliphatic carbocycles. The fourth-order valence-electron chi connectivity index (χ4n) is 2.84. The SMILES string of the molecule is CC(Cl)c1nc2cc(Cl)cnc2n1CCC1CCCCO1. The van der Waals surface area contributed by atoms with Crippen LogP contribution in [0.5, 0.6) is 0 Å². The summed E-state index contributed by atoms with van der Waals surface area (Å²) in [7, 11) is 0. The van der Waals surface area contributed by atoms with Gasteiger partial charge in [-0.2, -0.15) is 0 Å². The van der Waals surface area contributed by atoms with Gasteiger partial charge in [0.05, 0.1) is 16.5 Å². The van der Waals surface area contributed by atoms with E-state index < -0.39 is 0 Å². The molecule has 3 rings (SSSR count). The summed E-state index contributed by atoms with van der Waals surface area (Å²) in [6.07, 6.45) is 6.52. The van der Waals surface area contributed by atoms with Crippen LogP contribution in [-0.4, -0.2) is 27.2 Å². The van der Waals surface area contributed by atoms with E-state index in [0.717, 1.165) is 43.0 Å². The zero-order chi connectivity index (χ0) is 14.8. The molecule has 0 bridgehead atoms. The van der Waals surface area contributed by atoms with E-state index in [-0.39, 0.29) is 5.38 Å². The van der Waals surface area contributed by atoms with Gasteiger partial charge in [-0.15, -0.1) is 11.6 Å². The van der Waals surface area contributed by atoms with Crippen molar-refractivity contribution in [1.29, 1.82) is 0 Å². The molecule has 0 radical (unpaired) electrons. The monoisotopic (exact) mass is 327 g/mol. The van der Waals surface area contributed by atoms with E-state index in [9.17, 15) is 0 Å². The third-order valence-corrected chi connectivity index (χ3v) is 4.29. The quantitative estimate of drug-likeness (QED) is 0.784. The molecule has 0 spiro atoms. The number of aryl methyl sites for hydroxylation is 1. The number of ether oxygens (including phenoxy) is 1. The molecule has 0 saturated carbocycles. The van der Waals surface area contributed by atoms with Gasteiger partial charge in [0.2, 0.25) is 0 Å². The largest absolute Gasteiger partial charge is 0.378 e. The van der Waals surface area contributed by atoms with E-state index in [4.69, 9.17) is 27.9 Å². The van der Waals surface area contributed by atoms with E-state index in [0.29, 0.717) is 11.1 Å². The highest BCUT2D eigenvalue weighted by Gasteiger charge is 2.19. The molecule has 2 unspecified atom stereocenters. The molecule has 0 amide bonds.